The third-order valence-corrected chi connectivity index (χ3v) is 4.79. The Morgan fingerprint density at radius 2 is 2.18 bits per heavy atom. The molecule has 6 nitrogen and oxygen atoms in total. The maximum atomic E-state index is 11.4. The van der Waals surface area contributed by atoms with Crippen LogP contribution in [0.3, 0.4) is 0 Å². The fourth-order valence-corrected chi connectivity index (χ4v) is 2.37. The van der Waals surface area contributed by atoms with Gasteiger partial charge >= 0.3 is 0 Å². The first-order valence-electron chi connectivity index (χ1n) is 5.62. The molecule has 0 amide bonds. The summed E-state index contributed by atoms with van der Waals surface area (Å²) in [4.78, 5) is 4.21. The van der Waals surface area contributed by atoms with E-state index in [-0.39, 0.29) is 11.7 Å². The van der Waals surface area contributed by atoms with Crippen molar-refractivity contribution in [2.75, 3.05) is 19.3 Å². The van der Waals surface area contributed by atoms with Gasteiger partial charge in [0.1, 0.15) is 5.25 Å². The van der Waals surface area contributed by atoms with Crippen LogP contribution in [0.2, 0.25) is 0 Å². The second-order valence-corrected chi connectivity index (χ2v) is 7.07. The van der Waals surface area contributed by atoms with Gasteiger partial charge in [-0.25, -0.2) is 8.42 Å². The Bertz CT molecular complexity index is 497. The van der Waals surface area contributed by atoms with Crippen LogP contribution in [0, 0.1) is 5.92 Å². The van der Waals surface area contributed by atoms with Crippen LogP contribution in [-0.2, 0) is 9.84 Å². The maximum absolute atomic E-state index is 11.4. The highest BCUT2D eigenvalue weighted by atomic mass is 32.2. The van der Waals surface area contributed by atoms with E-state index in [2.05, 4.69) is 22.4 Å². The van der Waals surface area contributed by atoms with Crippen LogP contribution >= 0.6 is 0 Å². The number of sulfone groups is 1. The highest BCUT2D eigenvalue weighted by Gasteiger charge is 2.31. The first-order chi connectivity index (χ1) is 7.89. The van der Waals surface area contributed by atoms with Crippen molar-refractivity contribution in [3.63, 3.8) is 0 Å². The van der Waals surface area contributed by atoms with E-state index in [1.54, 1.807) is 6.92 Å². The van der Waals surface area contributed by atoms with E-state index >= 15 is 0 Å². The Balaban J connectivity index is 2.21. The Labute approximate surface area is 101 Å². The molecule has 1 aromatic rings. The summed E-state index contributed by atoms with van der Waals surface area (Å²) >= 11 is 0. The van der Waals surface area contributed by atoms with E-state index in [0.29, 0.717) is 11.8 Å². The van der Waals surface area contributed by atoms with Crippen molar-refractivity contribution in [1.29, 1.82) is 0 Å². The molecule has 1 unspecified atom stereocenters. The third kappa shape index (κ3) is 2.50. The summed E-state index contributed by atoms with van der Waals surface area (Å²) < 4.78 is 28.0. The van der Waals surface area contributed by atoms with E-state index in [1.165, 1.54) is 6.26 Å². The van der Waals surface area contributed by atoms with E-state index in [9.17, 15) is 8.42 Å². The van der Waals surface area contributed by atoms with Gasteiger partial charge in [-0.05, 0) is 19.4 Å². The lowest BCUT2D eigenvalue weighted by atomic mass is 9.98. The Kier molecular flexibility index (Phi) is 3.22. The Morgan fingerprint density at radius 1 is 1.47 bits per heavy atom. The van der Waals surface area contributed by atoms with Crippen LogP contribution in [0.25, 0.3) is 0 Å². The summed E-state index contributed by atoms with van der Waals surface area (Å²) in [7, 11) is -3.18. The maximum Gasteiger partial charge on any atom is 0.231 e. The van der Waals surface area contributed by atoms with Crippen LogP contribution in [0.15, 0.2) is 4.52 Å². The summed E-state index contributed by atoms with van der Waals surface area (Å²) in [5, 5.41) is 6.29. The second kappa shape index (κ2) is 4.38. The van der Waals surface area contributed by atoms with E-state index in [4.69, 9.17) is 4.52 Å². The fourth-order valence-electron chi connectivity index (χ4n) is 1.90. The zero-order chi connectivity index (χ0) is 12.6. The molecule has 0 bridgehead atoms. The molecule has 96 valence electrons. The zero-order valence-corrected chi connectivity index (χ0v) is 11.0. The van der Waals surface area contributed by atoms with E-state index < -0.39 is 15.1 Å². The highest BCUT2D eigenvalue weighted by molar-refractivity contribution is 7.90. The molecule has 17 heavy (non-hydrogen) atoms. The van der Waals surface area contributed by atoms with Crippen molar-refractivity contribution in [2.24, 2.45) is 5.92 Å². The second-order valence-electron chi connectivity index (χ2n) is 4.70. The predicted octanol–water partition coefficient (Wildman–Crippen LogP) is 0.498. The third-order valence-electron chi connectivity index (χ3n) is 3.30. The molecule has 1 fully saturated rings. The fraction of sp³-hybridized carbons (Fsp3) is 0.800. The number of hydrogen-bond donors (Lipinski definition) is 1. The molecular weight excluding hydrogens is 242 g/mol. The van der Waals surface area contributed by atoms with E-state index in [0.717, 1.165) is 13.1 Å². The van der Waals surface area contributed by atoms with Crippen molar-refractivity contribution in [3.05, 3.63) is 11.7 Å². The predicted molar refractivity (Wildman–Crippen MR) is 62.3 cm³/mol. The Morgan fingerprint density at radius 3 is 2.71 bits per heavy atom. The monoisotopic (exact) mass is 259 g/mol. The standard InChI is InChI=1S/C10H17N3O3S/c1-6-4-11-5-8(6)10-12-9(13-16-10)7(2)17(3,14)15/h6-8,11H,4-5H2,1-3H3/t6-,7?,8-/m1/s1. The molecule has 1 saturated heterocycles. The number of aromatic nitrogens is 2. The molecule has 0 saturated carbocycles. The van der Waals surface area contributed by atoms with Gasteiger partial charge in [-0.2, -0.15) is 4.98 Å². The minimum Gasteiger partial charge on any atom is -0.339 e. The molecule has 1 aromatic heterocycles. The molecule has 2 rings (SSSR count). The van der Waals surface area contributed by atoms with Gasteiger partial charge < -0.3 is 9.84 Å². The van der Waals surface area contributed by atoms with Crippen LogP contribution in [0.1, 0.15) is 36.7 Å². The molecule has 3 atom stereocenters. The normalized spacial score (nSPS) is 27.2. The lowest BCUT2D eigenvalue weighted by Gasteiger charge is -2.07. The summed E-state index contributed by atoms with van der Waals surface area (Å²) in [5.41, 5.74) is 0. The average molecular weight is 259 g/mol. The number of nitrogens with one attached hydrogen (secondary N) is 1. The first kappa shape index (κ1) is 12.5. The highest BCUT2D eigenvalue weighted by Crippen LogP contribution is 2.28. The average Bonchev–Trinajstić information content (AvgIpc) is 2.83. The van der Waals surface area contributed by atoms with Crippen LogP contribution in [-0.4, -0.2) is 37.9 Å². The minimum absolute atomic E-state index is 0.183. The zero-order valence-electron chi connectivity index (χ0n) is 10.2. The van der Waals surface area contributed by atoms with Crippen molar-refractivity contribution in [3.8, 4) is 0 Å². The van der Waals surface area contributed by atoms with Gasteiger partial charge in [0.05, 0.1) is 5.92 Å². The Hall–Kier alpha value is -0.950. The molecule has 0 aliphatic carbocycles. The van der Waals surface area contributed by atoms with Crippen molar-refractivity contribution >= 4 is 9.84 Å². The smallest absolute Gasteiger partial charge is 0.231 e. The molecule has 2 heterocycles. The lowest BCUT2D eigenvalue weighted by Crippen LogP contribution is -2.11. The largest absolute Gasteiger partial charge is 0.339 e. The molecule has 1 N–H and O–H groups in total. The summed E-state index contributed by atoms with van der Waals surface area (Å²) in [5.74, 6) is 1.40. The SMILES string of the molecule is CC(c1noc([C@@H]2CNC[C@H]2C)n1)S(C)(=O)=O. The first-order valence-corrected chi connectivity index (χ1v) is 7.58. The number of hydrogen-bond acceptors (Lipinski definition) is 6. The molecule has 0 spiro atoms. The summed E-state index contributed by atoms with van der Waals surface area (Å²) in [6, 6.07) is 0. The van der Waals surface area contributed by atoms with Crippen LogP contribution in [0.5, 0.6) is 0 Å². The van der Waals surface area contributed by atoms with Crippen molar-refractivity contribution in [2.45, 2.75) is 25.0 Å². The topological polar surface area (TPSA) is 85.1 Å². The van der Waals surface area contributed by atoms with Gasteiger partial charge in [0.2, 0.25) is 5.89 Å². The molecule has 1 aliphatic rings. The van der Waals surface area contributed by atoms with Crippen molar-refractivity contribution in [1.82, 2.24) is 15.5 Å². The lowest BCUT2D eigenvalue weighted by molar-refractivity contribution is 0.336. The van der Waals surface area contributed by atoms with Crippen LogP contribution < -0.4 is 5.32 Å². The minimum atomic E-state index is -3.18. The van der Waals surface area contributed by atoms with Crippen molar-refractivity contribution < 1.29 is 12.9 Å². The molecule has 1 aliphatic heterocycles. The number of nitrogens with zero attached hydrogens (tertiary/aromatic N) is 2. The number of rotatable bonds is 3. The van der Waals surface area contributed by atoms with Gasteiger partial charge in [-0.3, -0.25) is 0 Å². The van der Waals surface area contributed by atoms with Gasteiger partial charge in [0, 0.05) is 12.8 Å². The quantitative estimate of drug-likeness (QED) is 0.850. The molecule has 7 heteroatoms. The molecule has 0 radical (unpaired) electrons. The van der Waals surface area contributed by atoms with Crippen LogP contribution in [0.4, 0.5) is 0 Å². The van der Waals surface area contributed by atoms with Gasteiger partial charge in [-0.15, -0.1) is 0 Å². The van der Waals surface area contributed by atoms with Gasteiger partial charge in [0.15, 0.2) is 15.7 Å². The van der Waals surface area contributed by atoms with Gasteiger partial charge in [-0.1, -0.05) is 12.1 Å². The molecular formula is C10H17N3O3S. The summed E-state index contributed by atoms with van der Waals surface area (Å²) in [6.07, 6.45) is 1.17. The van der Waals surface area contributed by atoms with E-state index in [1.807, 2.05) is 0 Å². The van der Waals surface area contributed by atoms with Gasteiger partial charge in [0.25, 0.3) is 0 Å². The molecule has 0 aromatic carbocycles. The summed E-state index contributed by atoms with van der Waals surface area (Å²) in [6.45, 7) is 5.40.